The van der Waals surface area contributed by atoms with Gasteiger partial charge in [0.05, 0.1) is 50.8 Å². The molecule has 0 heterocycles. The Kier molecular flexibility index (Phi) is 45.4. The van der Waals surface area contributed by atoms with E-state index in [1.807, 2.05) is 0 Å². The molecule has 0 aliphatic heterocycles. The number of benzene rings is 1. The molecule has 0 fully saturated rings. The van der Waals surface area contributed by atoms with Gasteiger partial charge in [-0.3, -0.25) is 76.7 Å². The summed E-state index contributed by atoms with van der Waals surface area (Å²) in [4.78, 5) is 228. The summed E-state index contributed by atoms with van der Waals surface area (Å²) < 4.78 is 0. The molecule has 0 spiro atoms. The first-order chi connectivity index (χ1) is 51.6. The van der Waals surface area contributed by atoms with E-state index in [0.29, 0.717) is 19.4 Å². The Morgan fingerprint density at radius 1 is 0.400 bits per heavy atom. The van der Waals surface area contributed by atoms with Gasteiger partial charge in [0.2, 0.25) is 88.6 Å². The molecule has 0 aliphatic rings. The van der Waals surface area contributed by atoms with Gasteiger partial charge in [0.15, 0.2) is 0 Å². The van der Waals surface area contributed by atoms with Crippen LogP contribution in [0.15, 0.2) is 24.3 Å². The average molecular weight is 1570 g/mol. The number of aliphatic carboxylic acids is 2. The highest BCUT2D eigenvalue weighted by Gasteiger charge is 2.39. The summed E-state index contributed by atoms with van der Waals surface area (Å²) in [5.41, 5.74) is 34.1. The predicted octanol–water partition coefficient (Wildman–Crippen LogP) is -10.3. The highest BCUT2D eigenvalue weighted by Crippen LogP contribution is 2.15. The van der Waals surface area contributed by atoms with Crippen molar-refractivity contribution >= 4 is 101 Å². The maximum atomic E-state index is 14.7. The Morgan fingerprint density at radius 3 is 1.21 bits per heavy atom. The van der Waals surface area contributed by atoms with Gasteiger partial charge >= 0.3 is 11.9 Å². The Hall–Kier alpha value is -10.3. The average Bonchev–Trinajstić information content (AvgIpc) is 0.847. The molecule has 43 nitrogen and oxygen atoms in total. The SMILES string of the molecule is CC(C)C[C@H](NC(=O)CNC(=O)[C@H](CO)NC(=O)[C@@H](N)CCCCN)C(=O)N[C@@H](CC(=O)O)C(=O)N[C@H](C(=O)N[C@@H](CCCCN)C(=O)N[C@@H](CC(N)=O)C(=O)N[C@@H](Cc1ccc(O)cc1)C(=O)N[C@@H](CCCCN)C(=O)N[C@@H](CCC(N)=O)C(=O)N[C@H](C(=O)N[C@@H](CO)C(=O)N[C@H](C(=O)O)C(C)C)[C@@H](C)O)[C@@H](C)O. The fraction of sp³-hybridized carbons (Fsp3) is 0.657. The third-order valence-electron chi connectivity index (χ3n) is 16.6. The zero-order valence-corrected chi connectivity index (χ0v) is 62.5. The number of aromatic hydroxyl groups is 1. The second kappa shape index (κ2) is 51.2. The zero-order valence-electron chi connectivity index (χ0n) is 62.5. The first-order valence-electron chi connectivity index (χ1n) is 35.8. The number of hydrogen-bond acceptors (Lipinski definition) is 26. The van der Waals surface area contributed by atoms with Crippen LogP contribution in [0.1, 0.15) is 137 Å². The summed E-state index contributed by atoms with van der Waals surface area (Å²) in [6.07, 6.45) is -6.29. The molecule has 0 bridgehead atoms. The van der Waals surface area contributed by atoms with E-state index < -0.39 is 249 Å². The van der Waals surface area contributed by atoms with Gasteiger partial charge in [0.25, 0.3) is 0 Å². The van der Waals surface area contributed by atoms with Gasteiger partial charge in [-0.05, 0) is 127 Å². The van der Waals surface area contributed by atoms with Crippen LogP contribution in [0, 0.1) is 11.8 Å². The molecule has 0 radical (unpaired) electrons. The number of hydrogen-bond donors (Lipinski definition) is 26. The fourth-order valence-electron chi connectivity index (χ4n) is 10.5. The van der Waals surface area contributed by atoms with E-state index in [0.717, 1.165) is 13.8 Å². The Balaban J connectivity index is 3.70. The number of aliphatic hydroxyl groups excluding tert-OH is 4. The number of rotatable bonds is 55. The van der Waals surface area contributed by atoms with Gasteiger partial charge < -0.3 is 139 Å². The number of carboxylic acid groups (broad SMARTS) is 2. The smallest absolute Gasteiger partial charge is 0.326 e. The standard InChI is InChI=1S/C67H113N19O24/c1-32(2)25-42(75-50(94)29-74-56(98)46(30-87)82-55(97)38(71)13-7-10-22-68)60(102)81-45(28-51(95)96)63(105)86-53(34(5)89)65(107)78-40(15-9-12-24-70)58(100)80-44(27-49(73)93)62(104)79-43(26-36-16-18-37(91)19-17-36)61(103)76-39(14-8-11-23-69)57(99)77-41(20-21-48(72)92)59(101)85-54(35(6)90)66(108)83-47(31-88)64(106)84-52(33(3)4)67(109)110/h16-19,32-35,38-47,52-54,87-91H,7-15,20-31,68-71H2,1-6H3,(H2,72,92)(H2,73,93)(H,74,98)(H,75,94)(H,76,103)(H,77,99)(H,78,107)(H,79,104)(H,80,100)(H,81,102)(H,82,97)(H,83,108)(H,84,106)(H,85,101)(H,86,105)(H,95,96)(H,109,110)/t34-,35-,38+,39+,40+,41+,42+,43+,44+,45+,46+,47+,52+,53+,54+/m1/s1. The molecule has 0 unspecified atom stereocenters. The van der Waals surface area contributed by atoms with Crippen LogP contribution in [0.4, 0.5) is 0 Å². The third-order valence-corrected chi connectivity index (χ3v) is 16.6. The molecule has 1 rings (SSSR count). The van der Waals surface area contributed by atoms with Crippen LogP contribution in [-0.2, 0) is 87.9 Å². The summed E-state index contributed by atoms with van der Waals surface area (Å²) in [5.74, 6) is -21.7. The number of aliphatic hydroxyl groups is 4. The van der Waals surface area contributed by atoms with E-state index in [2.05, 4.69) is 69.1 Å². The van der Waals surface area contributed by atoms with Gasteiger partial charge in [0.1, 0.15) is 78.3 Å². The molecule has 1 aromatic rings. The molecular formula is C67H113N19O24. The minimum absolute atomic E-state index is 0.0427. The van der Waals surface area contributed by atoms with Crippen LogP contribution in [0.2, 0.25) is 0 Å². The Bertz CT molecular complexity index is 3260. The van der Waals surface area contributed by atoms with Crippen molar-refractivity contribution in [2.75, 3.05) is 39.4 Å². The van der Waals surface area contributed by atoms with Crippen LogP contribution in [0.5, 0.6) is 5.75 Å². The van der Waals surface area contributed by atoms with Crippen molar-refractivity contribution in [2.45, 2.75) is 229 Å². The van der Waals surface area contributed by atoms with E-state index in [1.54, 1.807) is 13.8 Å². The molecule has 110 heavy (non-hydrogen) atoms. The molecule has 0 saturated heterocycles. The number of carbonyl (C=O) groups excluding carboxylic acids is 15. The van der Waals surface area contributed by atoms with Crippen LogP contribution < -0.4 is 104 Å². The lowest BCUT2D eigenvalue weighted by atomic mass is 10.0. The lowest BCUT2D eigenvalue weighted by Gasteiger charge is -2.29. The van der Waals surface area contributed by atoms with Gasteiger partial charge in [-0.2, -0.15) is 0 Å². The van der Waals surface area contributed by atoms with Crippen LogP contribution in [0.25, 0.3) is 0 Å². The summed E-state index contributed by atoms with van der Waals surface area (Å²) in [5, 5.41) is 101. The molecule has 620 valence electrons. The summed E-state index contributed by atoms with van der Waals surface area (Å²) >= 11 is 0. The normalized spacial score (nSPS) is 15.3. The topological polar surface area (TPSA) is 744 Å². The van der Waals surface area contributed by atoms with Crippen molar-refractivity contribution in [3.8, 4) is 5.75 Å². The Morgan fingerprint density at radius 2 is 0.773 bits per heavy atom. The number of primary amides is 2. The van der Waals surface area contributed by atoms with Crippen molar-refractivity contribution in [1.82, 2.24) is 69.1 Å². The predicted molar refractivity (Wildman–Crippen MR) is 389 cm³/mol. The number of carboxylic acids is 2. The van der Waals surface area contributed by atoms with Crippen LogP contribution in [-0.4, -0.2) is 266 Å². The molecule has 43 heteroatoms. The Labute approximate surface area is 634 Å². The number of nitrogens with one attached hydrogen (secondary N) is 13. The molecule has 1 aromatic carbocycles. The first-order valence-corrected chi connectivity index (χ1v) is 35.8. The minimum atomic E-state index is -2.07. The highest BCUT2D eigenvalue weighted by molar-refractivity contribution is 6.01. The van der Waals surface area contributed by atoms with Crippen LogP contribution >= 0.6 is 0 Å². The van der Waals surface area contributed by atoms with E-state index in [1.165, 1.54) is 38.1 Å². The molecule has 32 N–H and O–H groups in total. The molecule has 0 saturated carbocycles. The maximum Gasteiger partial charge on any atom is 0.326 e. The van der Waals surface area contributed by atoms with Crippen LogP contribution in [0.3, 0.4) is 0 Å². The second-order valence-electron chi connectivity index (χ2n) is 26.9. The lowest BCUT2D eigenvalue weighted by Crippen LogP contribution is -2.62. The number of nitrogens with two attached hydrogens (primary N) is 6. The molecule has 0 aliphatic carbocycles. The van der Waals surface area contributed by atoms with Crippen molar-refractivity contribution in [3.05, 3.63) is 29.8 Å². The van der Waals surface area contributed by atoms with E-state index in [4.69, 9.17) is 34.4 Å². The number of amides is 15. The summed E-state index contributed by atoms with van der Waals surface area (Å²) in [6.45, 7) is 5.91. The number of phenols is 1. The number of phenolic OH excluding ortho intramolecular Hbond substituents is 1. The van der Waals surface area contributed by atoms with Gasteiger partial charge in [-0.1, -0.05) is 46.2 Å². The van der Waals surface area contributed by atoms with Crippen molar-refractivity contribution in [1.29, 1.82) is 0 Å². The second-order valence-corrected chi connectivity index (χ2v) is 26.9. The molecular weight excluding hydrogens is 1450 g/mol. The van der Waals surface area contributed by atoms with Gasteiger partial charge in [0, 0.05) is 12.8 Å². The summed E-state index contributed by atoms with van der Waals surface area (Å²) in [6, 6.07) is -17.4. The third kappa shape index (κ3) is 37.2. The van der Waals surface area contributed by atoms with Crippen molar-refractivity contribution in [2.24, 2.45) is 46.2 Å². The van der Waals surface area contributed by atoms with Gasteiger partial charge in [-0.15, -0.1) is 0 Å². The van der Waals surface area contributed by atoms with Crippen molar-refractivity contribution in [3.63, 3.8) is 0 Å². The molecule has 15 amide bonds. The maximum absolute atomic E-state index is 14.7. The van der Waals surface area contributed by atoms with E-state index >= 15 is 0 Å². The monoisotopic (exact) mass is 1570 g/mol. The van der Waals surface area contributed by atoms with Crippen molar-refractivity contribution < 1.29 is 117 Å². The quantitative estimate of drug-likeness (QED) is 0.0269. The largest absolute Gasteiger partial charge is 0.508 e. The van der Waals surface area contributed by atoms with E-state index in [-0.39, 0.29) is 81.7 Å². The molecule has 0 aromatic heterocycles. The summed E-state index contributed by atoms with van der Waals surface area (Å²) in [7, 11) is 0. The zero-order chi connectivity index (χ0) is 83.7. The molecule has 15 atom stereocenters. The van der Waals surface area contributed by atoms with Gasteiger partial charge in [-0.25, -0.2) is 4.79 Å². The lowest BCUT2D eigenvalue weighted by molar-refractivity contribution is -0.144. The first kappa shape index (κ1) is 97.7. The number of unbranched alkanes of at least 4 members (excludes halogenated alkanes) is 3. The number of carbonyl (C=O) groups is 17. The fourth-order valence-corrected chi connectivity index (χ4v) is 10.5. The highest BCUT2D eigenvalue weighted by atomic mass is 16.4. The minimum Gasteiger partial charge on any atom is -0.508 e. The van der Waals surface area contributed by atoms with E-state index in [9.17, 15) is 117 Å².